The fraction of sp³-hybridized carbons (Fsp3) is 0.429. The molecule has 0 saturated carbocycles. The molecule has 8 heterocycles. The molecular weight excluding hydrogens is 1030 g/mol. The molecule has 30 heteroatoms. The zero-order valence-electron chi connectivity index (χ0n) is 40.7. The van der Waals surface area contributed by atoms with Crippen LogP contribution in [0.3, 0.4) is 0 Å². The molecule has 384 valence electrons. The van der Waals surface area contributed by atoms with Crippen molar-refractivity contribution in [2.75, 3.05) is 25.7 Å². The summed E-state index contributed by atoms with van der Waals surface area (Å²) in [6.07, 6.45) is -2.56. The van der Waals surface area contributed by atoms with E-state index in [1.54, 1.807) is 59.9 Å². The maximum atomic E-state index is 13.9. The molecule has 0 radical (unpaired) electrons. The number of nitrogens with zero attached hydrogens (tertiary/aromatic N) is 16. The van der Waals surface area contributed by atoms with E-state index in [0.717, 1.165) is 24.5 Å². The summed E-state index contributed by atoms with van der Waals surface area (Å²) in [6.45, 7) is 14.5. The average molecular weight is 1080 g/mol. The first-order valence-corrected chi connectivity index (χ1v) is 32.4. The number of thioether (sulfide) groups is 1. The van der Waals surface area contributed by atoms with Gasteiger partial charge in [-0.2, -0.15) is 26.3 Å². The van der Waals surface area contributed by atoms with Crippen molar-refractivity contribution in [3.05, 3.63) is 60.2 Å². The van der Waals surface area contributed by atoms with Gasteiger partial charge in [0.15, 0.2) is 16.8 Å². The Bertz CT molecular complexity index is 3350. The highest BCUT2D eigenvalue weighted by atomic mass is 32.2. The first kappa shape index (κ1) is 53.7. The molecule has 8 aromatic heterocycles. The molecule has 0 aliphatic heterocycles. The molecule has 0 aliphatic carbocycles. The van der Waals surface area contributed by atoms with Crippen LogP contribution in [0.5, 0.6) is 0 Å². The van der Waals surface area contributed by atoms with E-state index in [9.17, 15) is 34.8 Å². The predicted molar refractivity (Wildman–Crippen MR) is 260 cm³/mol. The predicted octanol–water partition coefficient (Wildman–Crippen LogP) is 8.16. The number of hydrogen-bond acceptors (Lipinski definition) is 17. The molecule has 8 aromatic rings. The maximum Gasteiger partial charge on any atom is 0.419 e. The molecule has 0 N–H and O–H groups in total. The Balaban J connectivity index is 0.000000212. The minimum absolute atomic E-state index is 0.0138. The van der Waals surface area contributed by atoms with Crippen LogP contribution < -0.4 is 0 Å². The van der Waals surface area contributed by atoms with E-state index in [1.165, 1.54) is 27.3 Å². The molecule has 72 heavy (non-hydrogen) atoms. The van der Waals surface area contributed by atoms with Gasteiger partial charge in [0.1, 0.15) is 47.3 Å². The van der Waals surface area contributed by atoms with Gasteiger partial charge in [-0.1, -0.05) is 51.0 Å². The topological polar surface area (TPSA) is 227 Å². The summed E-state index contributed by atoms with van der Waals surface area (Å²) in [5.41, 5.74) is -0.864. The Kier molecular flexibility index (Phi) is 15.5. The van der Waals surface area contributed by atoms with Gasteiger partial charge in [0.05, 0.1) is 11.4 Å². The highest BCUT2D eigenvalue weighted by Gasteiger charge is 2.38. The fourth-order valence-electron chi connectivity index (χ4n) is 6.96. The highest BCUT2D eigenvalue weighted by molar-refractivity contribution is 7.98. The fourth-order valence-corrected chi connectivity index (χ4v) is 9.32. The quantitative estimate of drug-likeness (QED) is 0.0292. The Hall–Kier alpha value is -6.09. The molecule has 0 aromatic carbocycles. The number of hydrogen-bond donors (Lipinski definition) is 0. The molecule has 0 bridgehead atoms. The van der Waals surface area contributed by atoms with Gasteiger partial charge in [0, 0.05) is 96.4 Å². The van der Waals surface area contributed by atoms with Crippen molar-refractivity contribution in [1.82, 2.24) is 79.5 Å². The SMILES string of the molecule is CSc1ncc(C(F)(F)F)c(-c2cn(COCC[Si](C)(C)C)c3nc(-c4nnnn4C)ccc23)n1.Cn1nnnc1-c1ccc2c(-c3nc(S(C)(=O)=O)ncc3C(F)(F)F)cn(COCC[Si](C)(C)C)c2n1. The number of rotatable bonds is 16. The largest absolute Gasteiger partial charge is 0.419 e. The molecule has 20 nitrogen and oxygen atoms in total. The molecule has 0 unspecified atom stereocenters. The van der Waals surface area contributed by atoms with Gasteiger partial charge >= 0.3 is 12.4 Å². The Morgan fingerprint density at radius 2 is 1.07 bits per heavy atom. The zero-order valence-corrected chi connectivity index (χ0v) is 44.4. The lowest BCUT2D eigenvalue weighted by Gasteiger charge is -2.15. The number of fused-ring (bicyclic) bond motifs is 2. The van der Waals surface area contributed by atoms with Crippen LogP contribution in [0.4, 0.5) is 26.3 Å². The summed E-state index contributed by atoms with van der Waals surface area (Å²) >= 11 is 1.17. The number of ether oxygens (including phenoxy) is 2. The van der Waals surface area contributed by atoms with Crippen LogP contribution in [0.15, 0.2) is 59.4 Å². The lowest BCUT2D eigenvalue weighted by atomic mass is 10.1. The van der Waals surface area contributed by atoms with Crippen LogP contribution in [-0.4, -0.2) is 130 Å². The Morgan fingerprint density at radius 3 is 1.44 bits per heavy atom. The van der Waals surface area contributed by atoms with Crippen LogP contribution >= 0.6 is 11.8 Å². The van der Waals surface area contributed by atoms with Crippen molar-refractivity contribution in [3.63, 3.8) is 0 Å². The van der Waals surface area contributed by atoms with E-state index in [2.05, 4.69) is 100 Å². The third kappa shape index (κ3) is 12.6. The summed E-state index contributed by atoms with van der Waals surface area (Å²) in [4.78, 5) is 24.6. The molecule has 0 saturated heterocycles. The molecule has 0 atom stereocenters. The molecular formula is C42H50F6N16O4S2Si2. The third-order valence-corrected chi connectivity index (χ3v) is 15.6. The zero-order chi connectivity index (χ0) is 52.6. The lowest BCUT2D eigenvalue weighted by molar-refractivity contribution is -0.138. The van der Waals surface area contributed by atoms with Gasteiger partial charge in [-0.15, -0.1) is 10.2 Å². The average Bonchev–Trinajstić information content (AvgIpc) is 4.10. The molecule has 8 rings (SSSR count). The van der Waals surface area contributed by atoms with Crippen LogP contribution in [0, 0.1) is 0 Å². The Morgan fingerprint density at radius 1 is 0.639 bits per heavy atom. The minimum Gasteiger partial charge on any atom is -0.361 e. The second-order valence-corrected chi connectivity index (χ2v) is 32.8. The van der Waals surface area contributed by atoms with Crippen LogP contribution in [-0.2, 0) is 59.2 Å². The second-order valence-electron chi connectivity index (χ2n) is 18.9. The van der Waals surface area contributed by atoms with Gasteiger partial charge in [0.25, 0.3) is 0 Å². The molecule has 0 spiro atoms. The summed E-state index contributed by atoms with van der Waals surface area (Å²) in [6, 6.07) is 8.38. The standard InChI is InChI=1S/C21H25F3N8O3SSi.C21H25F3N8OSSi/c1-31-19(28-29-30-31)16-7-6-13-14(11-32(18(13)26-16)12-35-8-9-37(3,4)5)17-15(21(22,23)24)10-25-20(27-17)36(2,33)34;1-31-19(28-29-30-31)16-7-6-13-14(17-15(21(22,23)24)10-25-20(27-17)34-2)11-32(18(13)26-16)12-33-8-9-35(3,4)5/h6-7,10-11H,8-9,12H2,1-5H3;6-7,10-11H,8-9,12H2,1-5H3. The highest BCUT2D eigenvalue weighted by Crippen LogP contribution is 2.41. The number of aryl methyl sites for hydroxylation is 2. The molecule has 0 fully saturated rings. The van der Waals surface area contributed by atoms with Crippen molar-refractivity contribution in [2.45, 2.75) is 87.5 Å². The smallest absolute Gasteiger partial charge is 0.361 e. The van der Waals surface area contributed by atoms with Crippen molar-refractivity contribution < 1.29 is 44.2 Å². The van der Waals surface area contributed by atoms with Crippen LogP contribution in [0.25, 0.3) is 67.6 Å². The van der Waals surface area contributed by atoms with E-state index in [-0.39, 0.29) is 29.9 Å². The van der Waals surface area contributed by atoms with Gasteiger partial charge in [-0.3, -0.25) is 0 Å². The number of aromatic nitrogens is 16. The van der Waals surface area contributed by atoms with E-state index in [4.69, 9.17) is 9.47 Å². The van der Waals surface area contributed by atoms with Gasteiger partial charge < -0.3 is 18.6 Å². The van der Waals surface area contributed by atoms with Gasteiger partial charge in [-0.05, 0) is 63.5 Å². The monoisotopic (exact) mass is 1080 g/mol. The van der Waals surface area contributed by atoms with Crippen molar-refractivity contribution in [2.24, 2.45) is 14.1 Å². The van der Waals surface area contributed by atoms with Crippen molar-refractivity contribution in [3.8, 4) is 45.6 Å². The number of tetrazole rings is 2. The van der Waals surface area contributed by atoms with Gasteiger partial charge in [-0.25, -0.2) is 47.7 Å². The van der Waals surface area contributed by atoms with Crippen molar-refractivity contribution >= 4 is 59.8 Å². The minimum atomic E-state index is -4.83. The summed E-state index contributed by atoms with van der Waals surface area (Å²) in [7, 11) is -3.33. The molecule has 0 amide bonds. The van der Waals surface area contributed by atoms with E-state index in [1.807, 2.05) is 0 Å². The third-order valence-electron chi connectivity index (χ3n) is 10.8. The normalized spacial score (nSPS) is 12.8. The second kappa shape index (κ2) is 20.8. The number of alkyl halides is 6. The number of pyridine rings is 2. The van der Waals surface area contributed by atoms with Crippen LogP contribution in [0.1, 0.15) is 11.1 Å². The first-order valence-electron chi connectivity index (χ1n) is 21.9. The van der Waals surface area contributed by atoms with Crippen LogP contribution in [0.2, 0.25) is 51.4 Å². The summed E-state index contributed by atoms with van der Waals surface area (Å²) in [5, 5.41) is 23.2. The van der Waals surface area contributed by atoms with Gasteiger partial charge in [0.2, 0.25) is 15.0 Å². The number of halogens is 6. The van der Waals surface area contributed by atoms with E-state index in [0.29, 0.717) is 70.1 Å². The van der Waals surface area contributed by atoms with Crippen molar-refractivity contribution in [1.29, 1.82) is 0 Å². The molecule has 0 aliphatic rings. The first-order chi connectivity index (χ1) is 33.6. The Labute approximate surface area is 415 Å². The summed E-state index contributed by atoms with van der Waals surface area (Å²) < 4.78 is 125. The maximum absolute atomic E-state index is 13.9. The number of sulfone groups is 1. The summed E-state index contributed by atoms with van der Waals surface area (Å²) in [5.74, 6) is 0.789. The van der Waals surface area contributed by atoms with E-state index < -0.39 is 60.3 Å². The lowest BCUT2D eigenvalue weighted by Crippen LogP contribution is -2.22. The van der Waals surface area contributed by atoms with E-state index >= 15 is 0 Å².